The summed E-state index contributed by atoms with van der Waals surface area (Å²) in [5.74, 6) is 7.03. The number of allylic oxidation sites excluding steroid dienone is 2. The van der Waals surface area contributed by atoms with Crippen LogP contribution < -0.4 is 5.73 Å². The van der Waals surface area contributed by atoms with Gasteiger partial charge in [0, 0.05) is 6.04 Å². The van der Waals surface area contributed by atoms with Gasteiger partial charge in [-0.15, -0.1) is 0 Å². The van der Waals surface area contributed by atoms with E-state index < -0.39 is 0 Å². The first-order valence-corrected chi connectivity index (χ1v) is 13.6. The van der Waals surface area contributed by atoms with Gasteiger partial charge in [0.15, 0.2) is 0 Å². The van der Waals surface area contributed by atoms with Gasteiger partial charge in [0.25, 0.3) is 0 Å². The van der Waals surface area contributed by atoms with E-state index in [1.54, 1.807) is 0 Å². The van der Waals surface area contributed by atoms with Crippen molar-refractivity contribution in [3.8, 4) is 0 Å². The molecule has 4 fully saturated rings. The predicted octanol–water partition coefficient (Wildman–Crippen LogP) is 7.85. The summed E-state index contributed by atoms with van der Waals surface area (Å²) in [4.78, 5) is 0. The number of nitrogens with two attached hydrogens (primary N) is 1. The molecule has 0 aliphatic heterocycles. The number of fused-ring (bicyclic) bond motifs is 5. The molecule has 0 radical (unpaired) electrons. The van der Waals surface area contributed by atoms with E-state index >= 15 is 0 Å². The van der Waals surface area contributed by atoms with E-state index in [1.165, 1.54) is 64.2 Å². The second-order valence-electron chi connectivity index (χ2n) is 13.0. The zero-order valence-corrected chi connectivity index (χ0v) is 21.0. The number of rotatable bonds is 5. The van der Waals surface area contributed by atoms with Gasteiger partial charge in [-0.25, -0.2) is 0 Å². The molecule has 0 aromatic heterocycles. The number of hydrogen-bond acceptors (Lipinski definition) is 1. The minimum atomic E-state index is 0.481. The highest BCUT2D eigenvalue weighted by atomic mass is 14.7. The summed E-state index contributed by atoms with van der Waals surface area (Å²) in [6.07, 6.45) is 19.4. The van der Waals surface area contributed by atoms with Crippen molar-refractivity contribution in [2.75, 3.05) is 0 Å². The van der Waals surface area contributed by atoms with E-state index in [-0.39, 0.29) is 0 Å². The Bertz CT molecular complexity index is 622. The summed E-state index contributed by atoms with van der Waals surface area (Å²) < 4.78 is 0. The summed E-state index contributed by atoms with van der Waals surface area (Å²) in [5, 5.41) is 0. The Balaban J connectivity index is 1.49. The molecule has 172 valence electrons. The van der Waals surface area contributed by atoms with Gasteiger partial charge in [-0.05, 0) is 122 Å². The SMILES string of the molecule is CC[C@@H](C=C[C@@H](C)[C@H]1CC[C@H]2[C@@H]3CCC4C[C@H](N)CC[C@]4(C)[C@H]3CC[C@]12C)C(C)C. The maximum atomic E-state index is 6.40. The van der Waals surface area contributed by atoms with Crippen LogP contribution in [0.15, 0.2) is 12.2 Å². The molecule has 0 amide bonds. The Morgan fingerprint density at radius 2 is 1.57 bits per heavy atom. The van der Waals surface area contributed by atoms with E-state index in [2.05, 4.69) is 53.7 Å². The first kappa shape index (κ1) is 22.9. The van der Waals surface area contributed by atoms with Crippen LogP contribution in [0, 0.1) is 58.2 Å². The summed E-state index contributed by atoms with van der Waals surface area (Å²) in [7, 11) is 0. The topological polar surface area (TPSA) is 26.0 Å². The third-order valence-corrected chi connectivity index (χ3v) is 11.4. The van der Waals surface area contributed by atoms with Gasteiger partial charge in [-0.3, -0.25) is 0 Å². The third-order valence-electron chi connectivity index (χ3n) is 11.4. The average molecular weight is 414 g/mol. The van der Waals surface area contributed by atoms with Crippen LogP contribution in [0.2, 0.25) is 0 Å². The largest absolute Gasteiger partial charge is 0.328 e. The molecule has 2 N–H and O–H groups in total. The van der Waals surface area contributed by atoms with Crippen molar-refractivity contribution in [1.29, 1.82) is 0 Å². The normalized spacial score (nSPS) is 48.3. The smallest absolute Gasteiger partial charge is 0.00418 e. The monoisotopic (exact) mass is 413 g/mol. The first-order chi connectivity index (χ1) is 14.2. The Morgan fingerprint density at radius 3 is 2.27 bits per heavy atom. The van der Waals surface area contributed by atoms with Crippen LogP contribution in [0.25, 0.3) is 0 Å². The molecule has 0 aromatic carbocycles. The molecular formula is C29H51N. The van der Waals surface area contributed by atoms with Crippen molar-refractivity contribution in [1.82, 2.24) is 0 Å². The van der Waals surface area contributed by atoms with Crippen LogP contribution in [0.5, 0.6) is 0 Å². The molecular weight excluding hydrogens is 362 g/mol. The van der Waals surface area contributed by atoms with Gasteiger partial charge in [0.05, 0.1) is 0 Å². The van der Waals surface area contributed by atoms with E-state index in [9.17, 15) is 0 Å². The second-order valence-corrected chi connectivity index (χ2v) is 13.0. The van der Waals surface area contributed by atoms with E-state index in [0.717, 1.165) is 47.3 Å². The average Bonchev–Trinajstić information content (AvgIpc) is 3.06. The highest BCUT2D eigenvalue weighted by Crippen LogP contribution is 2.68. The second kappa shape index (κ2) is 8.57. The molecule has 4 aliphatic carbocycles. The summed E-state index contributed by atoms with van der Waals surface area (Å²) in [6.45, 7) is 15.0. The molecule has 0 saturated heterocycles. The van der Waals surface area contributed by atoms with Crippen LogP contribution in [0.4, 0.5) is 0 Å². The van der Waals surface area contributed by atoms with Gasteiger partial charge in [0.1, 0.15) is 0 Å². The van der Waals surface area contributed by atoms with Crippen LogP contribution in [0.3, 0.4) is 0 Å². The lowest BCUT2D eigenvalue weighted by Crippen LogP contribution is -2.54. The number of hydrogen-bond donors (Lipinski definition) is 1. The van der Waals surface area contributed by atoms with Crippen molar-refractivity contribution in [3.63, 3.8) is 0 Å². The van der Waals surface area contributed by atoms with Gasteiger partial charge >= 0.3 is 0 Å². The summed E-state index contributed by atoms with van der Waals surface area (Å²) in [5.41, 5.74) is 7.57. The highest BCUT2D eigenvalue weighted by Gasteiger charge is 2.60. The van der Waals surface area contributed by atoms with E-state index in [4.69, 9.17) is 5.73 Å². The van der Waals surface area contributed by atoms with Gasteiger partial charge in [0.2, 0.25) is 0 Å². The fraction of sp³-hybridized carbons (Fsp3) is 0.931. The zero-order valence-electron chi connectivity index (χ0n) is 21.0. The molecule has 0 aromatic rings. The first-order valence-electron chi connectivity index (χ1n) is 13.6. The van der Waals surface area contributed by atoms with Crippen molar-refractivity contribution < 1.29 is 0 Å². The minimum absolute atomic E-state index is 0.481. The molecule has 30 heavy (non-hydrogen) atoms. The van der Waals surface area contributed by atoms with Crippen molar-refractivity contribution in [2.24, 2.45) is 63.9 Å². The fourth-order valence-corrected chi connectivity index (χ4v) is 9.48. The maximum absolute atomic E-state index is 6.40. The van der Waals surface area contributed by atoms with Gasteiger partial charge < -0.3 is 5.73 Å². The molecule has 0 heterocycles. The predicted molar refractivity (Wildman–Crippen MR) is 130 cm³/mol. The molecule has 4 saturated carbocycles. The summed E-state index contributed by atoms with van der Waals surface area (Å²) in [6, 6.07) is 0.481. The Labute approximate surface area is 188 Å². The van der Waals surface area contributed by atoms with Crippen LogP contribution in [-0.2, 0) is 0 Å². The zero-order chi connectivity index (χ0) is 21.7. The molecule has 1 unspecified atom stereocenters. The molecule has 0 bridgehead atoms. The van der Waals surface area contributed by atoms with E-state index in [1.807, 2.05) is 0 Å². The third kappa shape index (κ3) is 3.74. The maximum Gasteiger partial charge on any atom is 0.00418 e. The van der Waals surface area contributed by atoms with Gasteiger partial charge in [-0.1, -0.05) is 53.7 Å². The minimum Gasteiger partial charge on any atom is -0.328 e. The van der Waals surface area contributed by atoms with Crippen molar-refractivity contribution in [2.45, 2.75) is 112 Å². The molecule has 4 rings (SSSR count). The molecule has 1 heteroatoms. The van der Waals surface area contributed by atoms with E-state index in [0.29, 0.717) is 16.9 Å². The Hall–Kier alpha value is -0.300. The lowest BCUT2D eigenvalue weighted by Gasteiger charge is -2.61. The lowest BCUT2D eigenvalue weighted by atomic mass is 9.44. The van der Waals surface area contributed by atoms with Crippen LogP contribution in [0.1, 0.15) is 106 Å². The summed E-state index contributed by atoms with van der Waals surface area (Å²) >= 11 is 0. The van der Waals surface area contributed by atoms with Crippen LogP contribution in [-0.4, -0.2) is 6.04 Å². The lowest BCUT2D eigenvalue weighted by molar-refractivity contribution is -0.115. The quantitative estimate of drug-likeness (QED) is 0.456. The van der Waals surface area contributed by atoms with Crippen molar-refractivity contribution >= 4 is 0 Å². The highest BCUT2D eigenvalue weighted by molar-refractivity contribution is 5.11. The Morgan fingerprint density at radius 1 is 0.867 bits per heavy atom. The molecule has 10 atom stereocenters. The molecule has 4 aliphatic rings. The molecule has 0 spiro atoms. The van der Waals surface area contributed by atoms with Gasteiger partial charge in [-0.2, -0.15) is 0 Å². The Kier molecular flexibility index (Phi) is 6.53. The molecule has 1 nitrogen and oxygen atoms in total. The van der Waals surface area contributed by atoms with Crippen molar-refractivity contribution in [3.05, 3.63) is 12.2 Å². The fourth-order valence-electron chi connectivity index (χ4n) is 9.48. The van der Waals surface area contributed by atoms with Crippen LogP contribution >= 0.6 is 0 Å². The standard InChI is InChI=1S/C29H51N/c1-7-21(19(2)3)9-8-20(4)25-12-13-26-24-11-10-22-18-23(30)14-16-28(22,5)27(24)15-17-29(25,26)6/h8-9,19-27H,7,10-18,30H2,1-6H3/t20-,21+,22?,23-,24+,25-,26+,27+,28+,29-/m1/s1.